The monoisotopic (exact) mass is 317 g/mol. The van der Waals surface area contributed by atoms with Crippen molar-refractivity contribution in [1.29, 1.82) is 0 Å². The lowest BCUT2D eigenvalue weighted by Crippen LogP contribution is -1.99. The van der Waals surface area contributed by atoms with Crippen molar-refractivity contribution in [3.8, 4) is 11.4 Å². The largest absolute Gasteiger partial charge is 0.383 e. The Labute approximate surface area is 118 Å². The van der Waals surface area contributed by atoms with Gasteiger partial charge in [-0.25, -0.2) is 15.0 Å². The number of aryl methyl sites for hydroxylation is 2. The Bertz CT molecular complexity index is 778. The van der Waals surface area contributed by atoms with E-state index in [1.807, 2.05) is 36.4 Å². The zero-order chi connectivity index (χ0) is 13.6. The van der Waals surface area contributed by atoms with Crippen LogP contribution < -0.4 is 5.73 Å². The summed E-state index contributed by atoms with van der Waals surface area (Å²) in [6.07, 6.45) is 1.71. The molecular formula is C13H12BrN5. The fourth-order valence-corrected chi connectivity index (χ4v) is 2.38. The second kappa shape index (κ2) is 4.31. The normalized spacial score (nSPS) is 11.1. The SMILES string of the molecule is Cc1nccc(-c2nc3ccc(Br)c(C)n3c2N)n1. The predicted molar refractivity (Wildman–Crippen MR) is 77.8 cm³/mol. The fourth-order valence-electron chi connectivity index (χ4n) is 2.07. The minimum absolute atomic E-state index is 0.590. The maximum absolute atomic E-state index is 6.21. The van der Waals surface area contributed by atoms with Crippen LogP contribution >= 0.6 is 15.9 Å². The molecule has 0 aromatic carbocycles. The Hall–Kier alpha value is -1.95. The van der Waals surface area contributed by atoms with E-state index in [1.165, 1.54) is 0 Å². The Kier molecular flexibility index (Phi) is 2.74. The van der Waals surface area contributed by atoms with Crippen LogP contribution in [0.4, 0.5) is 5.82 Å². The van der Waals surface area contributed by atoms with Crippen molar-refractivity contribution in [1.82, 2.24) is 19.4 Å². The molecule has 0 bridgehead atoms. The van der Waals surface area contributed by atoms with E-state index in [4.69, 9.17) is 5.73 Å². The average Bonchev–Trinajstić information content (AvgIpc) is 2.72. The summed E-state index contributed by atoms with van der Waals surface area (Å²) in [4.78, 5) is 13.0. The van der Waals surface area contributed by atoms with Gasteiger partial charge in [-0.15, -0.1) is 0 Å². The van der Waals surface area contributed by atoms with Gasteiger partial charge in [-0.1, -0.05) is 0 Å². The number of anilines is 1. The van der Waals surface area contributed by atoms with Gasteiger partial charge in [0.05, 0.1) is 5.69 Å². The molecule has 0 radical (unpaired) electrons. The number of fused-ring (bicyclic) bond motifs is 1. The predicted octanol–water partition coefficient (Wildman–Crippen LogP) is 2.75. The molecule has 3 aromatic heterocycles. The van der Waals surface area contributed by atoms with Crippen molar-refractivity contribution in [2.75, 3.05) is 5.73 Å². The number of hydrogen-bond donors (Lipinski definition) is 1. The van der Waals surface area contributed by atoms with Crippen LogP contribution in [0.1, 0.15) is 11.5 Å². The third kappa shape index (κ3) is 1.88. The van der Waals surface area contributed by atoms with Gasteiger partial charge in [0.1, 0.15) is 23.0 Å². The molecule has 0 unspecified atom stereocenters. The number of hydrogen-bond acceptors (Lipinski definition) is 4. The number of imidazole rings is 1. The Morgan fingerprint density at radius 3 is 2.68 bits per heavy atom. The van der Waals surface area contributed by atoms with Crippen LogP contribution in [0.3, 0.4) is 0 Å². The molecule has 0 fully saturated rings. The van der Waals surface area contributed by atoms with E-state index in [9.17, 15) is 0 Å². The average molecular weight is 318 g/mol. The van der Waals surface area contributed by atoms with E-state index in [2.05, 4.69) is 30.9 Å². The molecule has 0 aliphatic rings. The van der Waals surface area contributed by atoms with Crippen LogP contribution in [-0.4, -0.2) is 19.4 Å². The first-order chi connectivity index (χ1) is 9.08. The van der Waals surface area contributed by atoms with Crippen LogP contribution in [0.5, 0.6) is 0 Å². The number of pyridine rings is 1. The third-order valence-corrected chi connectivity index (χ3v) is 3.86. The summed E-state index contributed by atoms with van der Waals surface area (Å²) in [5, 5.41) is 0. The Morgan fingerprint density at radius 2 is 1.95 bits per heavy atom. The topological polar surface area (TPSA) is 69.1 Å². The maximum atomic E-state index is 6.21. The van der Waals surface area contributed by atoms with Crippen LogP contribution in [0.15, 0.2) is 28.9 Å². The van der Waals surface area contributed by atoms with Crippen molar-refractivity contribution < 1.29 is 0 Å². The highest BCUT2D eigenvalue weighted by molar-refractivity contribution is 9.10. The molecule has 0 spiro atoms. The second-order valence-corrected chi connectivity index (χ2v) is 5.15. The molecule has 0 amide bonds. The van der Waals surface area contributed by atoms with Crippen LogP contribution in [-0.2, 0) is 0 Å². The molecule has 3 heterocycles. The quantitative estimate of drug-likeness (QED) is 0.749. The first kappa shape index (κ1) is 12.1. The van der Waals surface area contributed by atoms with E-state index in [1.54, 1.807) is 6.20 Å². The highest BCUT2D eigenvalue weighted by Crippen LogP contribution is 2.28. The molecule has 5 nitrogen and oxygen atoms in total. The van der Waals surface area contributed by atoms with Crippen molar-refractivity contribution >= 4 is 27.4 Å². The zero-order valence-corrected chi connectivity index (χ0v) is 12.1. The number of nitrogen functional groups attached to an aromatic ring is 1. The number of halogens is 1. The van der Waals surface area contributed by atoms with E-state index in [0.717, 1.165) is 21.5 Å². The lowest BCUT2D eigenvalue weighted by Gasteiger charge is -2.04. The van der Waals surface area contributed by atoms with Gasteiger partial charge in [0, 0.05) is 16.4 Å². The van der Waals surface area contributed by atoms with E-state index in [0.29, 0.717) is 17.3 Å². The summed E-state index contributed by atoms with van der Waals surface area (Å²) in [6.45, 7) is 3.83. The molecule has 3 aromatic rings. The minimum atomic E-state index is 0.590. The van der Waals surface area contributed by atoms with Gasteiger partial charge in [0.15, 0.2) is 0 Å². The molecular weight excluding hydrogens is 306 g/mol. The van der Waals surface area contributed by atoms with E-state index < -0.39 is 0 Å². The van der Waals surface area contributed by atoms with Gasteiger partial charge in [-0.05, 0) is 48.0 Å². The van der Waals surface area contributed by atoms with Gasteiger partial charge in [-0.3, -0.25) is 4.40 Å². The van der Waals surface area contributed by atoms with E-state index >= 15 is 0 Å². The van der Waals surface area contributed by atoms with Gasteiger partial charge >= 0.3 is 0 Å². The molecule has 6 heteroatoms. The maximum Gasteiger partial charge on any atom is 0.139 e. The second-order valence-electron chi connectivity index (χ2n) is 4.30. The van der Waals surface area contributed by atoms with Crippen molar-refractivity contribution in [2.24, 2.45) is 0 Å². The molecule has 19 heavy (non-hydrogen) atoms. The lowest BCUT2D eigenvalue weighted by atomic mass is 10.3. The number of nitrogens with zero attached hydrogens (tertiary/aromatic N) is 4. The minimum Gasteiger partial charge on any atom is -0.383 e. The number of rotatable bonds is 1. The first-order valence-electron chi connectivity index (χ1n) is 5.81. The summed E-state index contributed by atoms with van der Waals surface area (Å²) < 4.78 is 2.91. The van der Waals surface area contributed by atoms with Crippen molar-refractivity contribution in [3.05, 3.63) is 40.4 Å². The van der Waals surface area contributed by atoms with Gasteiger partial charge in [-0.2, -0.15) is 0 Å². The molecule has 0 aliphatic carbocycles. The smallest absolute Gasteiger partial charge is 0.139 e. The summed E-state index contributed by atoms with van der Waals surface area (Å²) in [5.41, 5.74) is 9.46. The lowest BCUT2D eigenvalue weighted by molar-refractivity contribution is 1.05. The van der Waals surface area contributed by atoms with Crippen molar-refractivity contribution in [3.63, 3.8) is 0 Å². The van der Waals surface area contributed by atoms with Crippen LogP contribution in [0.2, 0.25) is 0 Å². The summed E-state index contributed by atoms with van der Waals surface area (Å²) in [6, 6.07) is 5.70. The number of nitrogens with two attached hydrogens (primary N) is 1. The Morgan fingerprint density at radius 1 is 1.16 bits per heavy atom. The molecule has 96 valence electrons. The number of aromatic nitrogens is 4. The van der Waals surface area contributed by atoms with Gasteiger partial charge in [0.2, 0.25) is 0 Å². The summed E-state index contributed by atoms with van der Waals surface area (Å²) in [5.74, 6) is 1.29. The Balaban J connectivity index is 2.32. The van der Waals surface area contributed by atoms with E-state index in [-0.39, 0.29) is 0 Å². The molecule has 0 saturated carbocycles. The summed E-state index contributed by atoms with van der Waals surface area (Å²) in [7, 11) is 0. The summed E-state index contributed by atoms with van der Waals surface area (Å²) >= 11 is 3.50. The fraction of sp³-hybridized carbons (Fsp3) is 0.154. The van der Waals surface area contributed by atoms with Gasteiger partial charge in [0.25, 0.3) is 0 Å². The highest BCUT2D eigenvalue weighted by atomic mass is 79.9. The highest BCUT2D eigenvalue weighted by Gasteiger charge is 2.15. The van der Waals surface area contributed by atoms with Crippen LogP contribution in [0.25, 0.3) is 17.0 Å². The standard InChI is InChI=1S/C13H12BrN5/c1-7-9(14)3-4-11-18-12(13(15)19(7)11)10-5-6-16-8(2)17-10/h3-6H,15H2,1-2H3. The molecule has 3 rings (SSSR count). The third-order valence-electron chi connectivity index (χ3n) is 3.02. The zero-order valence-electron chi connectivity index (χ0n) is 10.6. The molecule has 2 N–H and O–H groups in total. The van der Waals surface area contributed by atoms with Gasteiger partial charge < -0.3 is 5.73 Å². The molecule has 0 aliphatic heterocycles. The van der Waals surface area contributed by atoms with Crippen LogP contribution in [0, 0.1) is 13.8 Å². The van der Waals surface area contributed by atoms with Crippen molar-refractivity contribution in [2.45, 2.75) is 13.8 Å². The first-order valence-corrected chi connectivity index (χ1v) is 6.60. The molecule has 0 atom stereocenters. The molecule has 0 saturated heterocycles.